The number of carbonyl (C=O) groups excluding carboxylic acids is 3. The molecule has 4 rings (SSSR count). The minimum atomic E-state index is -1.15. The quantitative estimate of drug-likeness (QED) is 0.212. The van der Waals surface area contributed by atoms with Gasteiger partial charge in [0.15, 0.2) is 0 Å². The highest BCUT2D eigenvalue weighted by atomic mass is 16.6. The molecule has 0 unspecified atom stereocenters. The molecule has 1 fully saturated rings. The topological polar surface area (TPSA) is 135 Å². The fraction of sp³-hybridized carbons (Fsp3) is 0.529. The Bertz CT molecular complexity index is 1270. The van der Waals surface area contributed by atoms with Gasteiger partial charge in [-0.15, -0.1) is 0 Å². The van der Waals surface area contributed by atoms with Gasteiger partial charge in [-0.05, 0) is 49.8 Å². The highest BCUT2D eigenvalue weighted by Crippen LogP contribution is 2.31. The van der Waals surface area contributed by atoms with Crippen molar-refractivity contribution in [2.24, 2.45) is 5.92 Å². The molecule has 11 nitrogen and oxygen atoms in total. The molecule has 244 valence electrons. The number of unbranched alkanes of at least 4 members (excludes halogenated alkanes) is 3. The van der Waals surface area contributed by atoms with E-state index >= 15 is 0 Å². The molecule has 2 N–H and O–H groups in total. The molecule has 2 heterocycles. The van der Waals surface area contributed by atoms with Crippen molar-refractivity contribution in [3.05, 3.63) is 60.2 Å². The van der Waals surface area contributed by atoms with E-state index in [1.807, 2.05) is 30.3 Å². The van der Waals surface area contributed by atoms with Crippen molar-refractivity contribution < 1.29 is 38.5 Å². The van der Waals surface area contributed by atoms with Crippen LogP contribution in [-0.2, 0) is 30.5 Å². The SMILES string of the molecule is CCOC(=O)[C@@H](CCCCCCC1CCN(C(=O)OCc2ccccc2)CC1)N[C@H]1COc2ccccc2N(CC(=O)O)C1=O. The van der Waals surface area contributed by atoms with Crippen LogP contribution in [0.3, 0.4) is 0 Å². The predicted octanol–water partition coefficient (Wildman–Crippen LogP) is 4.78. The van der Waals surface area contributed by atoms with Gasteiger partial charge in [-0.3, -0.25) is 24.6 Å². The third-order valence-electron chi connectivity index (χ3n) is 8.33. The van der Waals surface area contributed by atoms with Gasteiger partial charge in [0.25, 0.3) is 0 Å². The standard InChI is InChI=1S/C34H45N3O8/c1-2-43-33(41)27(35-28-24-44-30-17-11-10-16-29(30)37(32(28)40)22-31(38)39)15-9-4-3-6-12-25-18-20-36(21-19-25)34(42)45-23-26-13-7-5-8-14-26/h5,7-8,10-11,13-14,16-17,25,27-28,35H,2-4,6,9,12,15,18-24H2,1H3,(H,38,39)/t27-,28+/m1/s1. The number of para-hydroxylation sites is 2. The van der Waals surface area contributed by atoms with Crippen LogP contribution < -0.4 is 15.0 Å². The summed E-state index contributed by atoms with van der Waals surface area (Å²) in [5.41, 5.74) is 1.36. The van der Waals surface area contributed by atoms with Crippen LogP contribution in [0.25, 0.3) is 0 Å². The summed E-state index contributed by atoms with van der Waals surface area (Å²) < 4.78 is 16.6. The van der Waals surface area contributed by atoms with Crippen LogP contribution in [0.2, 0.25) is 0 Å². The van der Waals surface area contributed by atoms with Crippen molar-refractivity contribution in [1.29, 1.82) is 0 Å². The molecule has 0 bridgehead atoms. The summed E-state index contributed by atoms with van der Waals surface area (Å²) in [4.78, 5) is 53.2. The van der Waals surface area contributed by atoms with Gasteiger partial charge in [-0.2, -0.15) is 0 Å². The summed E-state index contributed by atoms with van der Waals surface area (Å²) in [5.74, 6) is -1.06. The molecule has 0 aliphatic carbocycles. The number of benzene rings is 2. The smallest absolute Gasteiger partial charge is 0.410 e. The van der Waals surface area contributed by atoms with Crippen molar-refractivity contribution in [3.8, 4) is 5.75 Å². The molecule has 2 amide bonds. The molecule has 45 heavy (non-hydrogen) atoms. The summed E-state index contributed by atoms with van der Waals surface area (Å²) in [6, 6.07) is 14.8. The molecule has 2 aliphatic heterocycles. The van der Waals surface area contributed by atoms with Gasteiger partial charge in [0.2, 0.25) is 5.91 Å². The monoisotopic (exact) mass is 623 g/mol. The van der Waals surface area contributed by atoms with Gasteiger partial charge < -0.3 is 24.2 Å². The molecular formula is C34H45N3O8. The lowest BCUT2D eigenvalue weighted by Gasteiger charge is -2.31. The number of hydrogen-bond acceptors (Lipinski definition) is 8. The van der Waals surface area contributed by atoms with E-state index in [-0.39, 0.29) is 25.9 Å². The Hall–Kier alpha value is -4.12. The summed E-state index contributed by atoms with van der Waals surface area (Å²) in [7, 11) is 0. The summed E-state index contributed by atoms with van der Waals surface area (Å²) in [6.07, 6.45) is 7.04. The average Bonchev–Trinajstić information content (AvgIpc) is 3.17. The maximum atomic E-state index is 13.4. The molecule has 0 radical (unpaired) electrons. The molecule has 0 aromatic heterocycles. The van der Waals surface area contributed by atoms with Gasteiger partial charge in [-0.1, -0.05) is 74.6 Å². The number of nitrogens with zero attached hydrogens (tertiary/aromatic N) is 2. The third kappa shape index (κ3) is 10.2. The first-order chi connectivity index (χ1) is 21.9. The Morgan fingerprint density at radius 1 is 0.978 bits per heavy atom. The van der Waals surface area contributed by atoms with Crippen molar-refractivity contribution in [2.45, 2.75) is 77.0 Å². The zero-order valence-corrected chi connectivity index (χ0v) is 26.0. The normalized spacial score (nSPS) is 17.5. The van der Waals surface area contributed by atoms with Gasteiger partial charge >= 0.3 is 18.0 Å². The Morgan fingerprint density at radius 2 is 1.69 bits per heavy atom. The maximum absolute atomic E-state index is 13.4. The summed E-state index contributed by atoms with van der Waals surface area (Å²) in [5, 5.41) is 12.6. The number of aliphatic carboxylic acids is 1. The summed E-state index contributed by atoms with van der Waals surface area (Å²) >= 11 is 0. The summed E-state index contributed by atoms with van der Waals surface area (Å²) in [6.45, 7) is 3.11. The lowest BCUT2D eigenvalue weighted by Crippen LogP contribution is -2.54. The number of carboxylic acid groups (broad SMARTS) is 1. The Balaban J connectivity index is 1.18. The van der Waals surface area contributed by atoms with Gasteiger partial charge in [0.05, 0.1) is 12.3 Å². The van der Waals surface area contributed by atoms with E-state index in [1.54, 1.807) is 36.1 Å². The fourth-order valence-corrected chi connectivity index (χ4v) is 5.88. The number of anilines is 1. The van der Waals surface area contributed by atoms with Gasteiger partial charge in [0.1, 0.15) is 37.6 Å². The van der Waals surface area contributed by atoms with Crippen molar-refractivity contribution >= 4 is 29.6 Å². The van der Waals surface area contributed by atoms with Crippen LogP contribution in [0, 0.1) is 5.92 Å². The van der Waals surface area contributed by atoms with Gasteiger partial charge in [0, 0.05) is 13.1 Å². The van der Waals surface area contributed by atoms with Crippen LogP contribution in [0.15, 0.2) is 54.6 Å². The first-order valence-electron chi connectivity index (χ1n) is 16.0. The zero-order chi connectivity index (χ0) is 32.0. The molecule has 0 saturated carbocycles. The Kier molecular flexibility index (Phi) is 13.0. The van der Waals surface area contributed by atoms with Crippen LogP contribution in [0.1, 0.15) is 63.9 Å². The Morgan fingerprint density at radius 3 is 2.42 bits per heavy atom. The van der Waals surface area contributed by atoms with E-state index in [4.69, 9.17) is 14.2 Å². The number of rotatable bonds is 15. The van der Waals surface area contributed by atoms with E-state index in [1.165, 1.54) is 4.90 Å². The molecule has 2 atom stereocenters. The minimum absolute atomic E-state index is 0.0363. The number of carbonyl (C=O) groups is 4. The number of fused-ring (bicyclic) bond motifs is 1. The number of likely N-dealkylation sites (tertiary alicyclic amines) is 1. The Labute approximate surface area is 264 Å². The first-order valence-corrected chi connectivity index (χ1v) is 16.0. The third-order valence-corrected chi connectivity index (χ3v) is 8.33. The highest BCUT2D eigenvalue weighted by molar-refractivity contribution is 6.02. The minimum Gasteiger partial charge on any atom is -0.489 e. The van der Waals surface area contributed by atoms with E-state index in [9.17, 15) is 24.3 Å². The molecule has 1 saturated heterocycles. The number of carboxylic acids is 1. The van der Waals surface area contributed by atoms with Crippen molar-refractivity contribution in [3.63, 3.8) is 0 Å². The number of hydrogen-bond donors (Lipinski definition) is 2. The average molecular weight is 624 g/mol. The van der Waals surface area contributed by atoms with Crippen LogP contribution in [-0.4, -0.2) is 78.9 Å². The second-order valence-corrected chi connectivity index (χ2v) is 11.6. The second kappa shape index (κ2) is 17.4. The van der Waals surface area contributed by atoms with Gasteiger partial charge in [-0.25, -0.2) is 4.79 Å². The van der Waals surface area contributed by atoms with Crippen LogP contribution in [0.4, 0.5) is 10.5 Å². The van der Waals surface area contributed by atoms with Crippen molar-refractivity contribution in [1.82, 2.24) is 10.2 Å². The predicted molar refractivity (Wildman–Crippen MR) is 168 cm³/mol. The molecule has 11 heteroatoms. The largest absolute Gasteiger partial charge is 0.489 e. The molecule has 2 aromatic rings. The maximum Gasteiger partial charge on any atom is 0.410 e. The molecular weight excluding hydrogens is 578 g/mol. The second-order valence-electron chi connectivity index (χ2n) is 11.6. The number of nitrogens with one attached hydrogen (secondary N) is 1. The fourth-order valence-electron chi connectivity index (χ4n) is 5.88. The number of amides is 2. The lowest BCUT2D eigenvalue weighted by atomic mass is 9.91. The van der Waals surface area contributed by atoms with Crippen LogP contribution >= 0.6 is 0 Å². The van der Waals surface area contributed by atoms with E-state index in [0.29, 0.717) is 36.9 Å². The van der Waals surface area contributed by atoms with Crippen LogP contribution in [0.5, 0.6) is 5.75 Å². The van der Waals surface area contributed by atoms with E-state index in [0.717, 1.165) is 50.5 Å². The molecule has 2 aromatic carbocycles. The first kappa shape index (κ1) is 33.8. The molecule has 2 aliphatic rings. The number of esters is 1. The van der Waals surface area contributed by atoms with Crippen molar-refractivity contribution in [2.75, 3.05) is 37.7 Å². The zero-order valence-electron chi connectivity index (χ0n) is 26.0. The lowest BCUT2D eigenvalue weighted by molar-refractivity contribution is -0.146. The number of ether oxygens (including phenoxy) is 3. The number of piperidine rings is 1. The van der Waals surface area contributed by atoms with E-state index < -0.39 is 36.5 Å². The molecule has 0 spiro atoms. The van der Waals surface area contributed by atoms with E-state index in [2.05, 4.69) is 5.32 Å². The highest BCUT2D eigenvalue weighted by Gasteiger charge is 2.35.